The highest BCUT2D eigenvalue weighted by molar-refractivity contribution is 6.42. The number of amidine groups is 1. The minimum atomic E-state index is 0.518. The van der Waals surface area contributed by atoms with Crippen LogP contribution in [-0.2, 0) is 0 Å². The van der Waals surface area contributed by atoms with Crippen molar-refractivity contribution in [2.75, 3.05) is 14.1 Å². The number of nitrogens with two attached hydrogens (primary N) is 1. The van der Waals surface area contributed by atoms with Crippen molar-refractivity contribution in [2.24, 2.45) is 5.73 Å². The van der Waals surface area contributed by atoms with E-state index in [1.54, 1.807) is 12.1 Å². The first-order valence-corrected chi connectivity index (χ1v) is 4.53. The molecule has 1 rings (SSSR count). The third-order valence-electron chi connectivity index (χ3n) is 1.70. The third-order valence-corrected chi connectivity index (χ3v) is 2.44. The Bertz CT molecular complexity index is 355. The minimum absolute atomic E-state index is 0.518. The maximum Gasteiger partial charge on any atom is 0.274 e. The average Bonchev–Trinajstić information content (AvgIpc) is 2.08. The van der Waals surface area contributed by atoms with Gasteiger partial charge in [0.25, 0.3) is 5.84 Å². The first-order chi connectivity index (χ1) is 6.02. The van der Waals surface area contributed by atoms with Gasteiger partial charge in [-0.1, -0.05) is 23.2 Å². The predicted molar refractivity (Wildman–Crippen MR) is 56.9 cm³/mol. The minimum Gasteiger partial charge on any atom is -0.287 e. The summed E-state index contributed by atoms with van der Waals surface area (Å²) >= 11 is 11.6. The summed E-state index contributed by atoms with van der Waals surface area (Å²) < 4.78 is 1.82. The summed E-state index contributed by atoms with van der Waals surface area (Å²) in [5, 5.41) is 1.06. The van der Waals surface area contributed by atoms with Crippen molar-refractivity contribution >= 4 is 29.0 Å². The molecule has 4 heteroatoms. The smallest absolute Gasteiger partial charge is 0.274 e. The van der Waals surface area contributed by atoms with Gasteiger partial charge in [-0.3, -0.25) is 10.3 Å². The van der Waals surface area contributed by atoms with Gasteiger partial charge in [-0.25, -0.2) is 0 Å². The van der Waals surface area contributed by atoms with E-state index < -0.39 is 0 Å². The highest BCUT2D eigenvalue weighted by atomic mass is 35.5. The van der Waals surface area contributed by atoms with Crippen LogP contribution in [0.25, 0.3) is 0 Å². The van der Waals surface area contributed by atoms with E-state index in [1.807, 2.05) is 24.7 Å². The molecule has 0 saturated heterocycles. The molecule has 0 aliphatic heterocycles. The standard InChI is InChI=1S/C9H10Cl2N2/c1-13(2)9(12)6-3-4-7(10)8(11)5-6/h3-5,12H,1-2H3/p+1. The van der Waals surface area contributed by atoms with Gasteiger partial charge in [-0.15, -0.1) is 0 Å². The predicted octanol–water partition coefficient (Wildman–Crippen LogP) is 1.97. The highest BCUT2D eigenvalue weighted by Crippen LogP contribution is 2.22. The second-order valence-electron chi connectivity index (χ2n) is 2.91. The zero-order valence-electron chi connectivity index (χ0n) is 7.51. The molecule has 1 aromatic rings. The summed E-state index contributed by atoms with van der Waals surface area (Å²) in [7, 11) is 3.75. The van der Waals surface area contributed by atoms with E-state index in [0.717, 1.165) is 5.56 Å². The van der Waals surface area contributed by atoms with Crippen LogP contribution in [0.4, 0.5) is 0 Å². The van der Waals surface area contributed by atoms with Crippen LogP contribution in [0.5, 0.6) is 0 Å². The lowest BCUT2D eigenvalue weighted by atomic mass is 10.2. The number of hydrogen-bond acceptors (Lipinski definition) is 0. The van der Waals surface area contributed by atoms with E-state index in [0.29, 0.717) is 15.9 Å². The van der Waals surface area contributed by atoms with Gasteiger partial charge < -0.3 is 0 Å². The molecule has 1 aromatic carbocycles. The Morgan fingerprint density at radius 3 is 2.31 bits per heavy atom. The zero-order valence-corrected chi connectivity index (χ0v) is 9.02. The van der Waals surface area contributed by atoms with Crippen molar-refractivity contribution < 1.29 is 4.58 Å². The quantitative estimate of drug-likeness (QED) is 0.435. The SMILES string of the molecule is C[N+](C)=C(N)c1ccc(Cl)c(Cl)c1. The molecule has 0 bridgehead atoms. The average molecular weight is 218 g/mol. The summed E-state index contributed by atoms with van der Waals surface area (Å²) in [6.07, 6.45) is 0. The summed E-state index contributed by atoms with van der Waals surface area (Å²) in [5.74, 6) is 0.665. The first-order valence-electron chi connectivity index (χ1n) is 3.77. The topological polar surface area (TPSA) is 29.0 Å². The number of hydrogen-bond donors (Lipinski definition) is 1. The largest absolute Gasteiger partial charge is 0.287 e. The normalized spacial score (nSPS) is 9.85. The second kappa shape index (κ2) is 3.99. The van der Waals surface area contributed by atoms with Crippen LogP contribution in [0.2, 0.25) is 10.0 Å². The van der Waals surface area contributed by atoms with Gasteiger partial charge in [0.05, 0.1) is 29.7 Å². The van der Waals surface area contributed by atoms with Crippen LogP contribution in [-0.4, -0.2) is 24.5 Å². The van der Waals surface area contributed by atoms with Crippen molar-refractivity contribution in [3.63, 3.8) is 0 Å². The molecule has 0 saturated carbocycles. The van der Waals surface area contributed by atoms with E-state index in [-0.39, 0.29) is 0 Å². The van der Waals surface area contributed by atoms with Gasteiger partial charge in [0.1, 0.15) is 0 Å². The molecule has 13 heavy (non-hydrogen) atoms. The van der Waals surface area contributed by atoms with Crippen LogP contribution in [0, 0.1) is 0 Å². The molecule has 0 aromatic heterocycles. The van der Waals surface area contributed by atoms with Crippen LogP contribution < -0.4 is 5.73 Å². The van der Waals surface area contributed by atoms with Crippen molar-refractivity contribution in [1.29, 1.82) is 0 Å². The van der Waals surface area contributed by atoms with Crippen LogP contribution in [0.1, 0.15) is 5.56 Å². The monoisotopic (exact) mass is 217 g/mol. The Labute approximate surface area is 87.6 Å². The molecule has 0 heterocycles. The molecule has 0 radical (unpaired) electrons. The lowest BCUT2D eigenvalue weighted by Crippen LogP contribution is -2.23. The van der Waals surface area contributed by atoms with Gasteiger partial charge in [0.15, 0.2) is 0 Å². The summed E-state index contributed by atoms with van der Waals surface area (Å²) in [6.45, 7) is 0. The van der Waals surface area contributed by atoms with E-state index >= 15 is 0 Å². The molecule has 0 amide bonds. The third kappa shape index (κ3) is 2.36. The number of halogens is 2. The molecule has 0 unspecified atom stereocenters. The summed E-state index contributed by atoms with van der Waals surface area (Å²) in [6, 6.07) is 5.32. The fraction of sp³-hybridized carbons (Fsp3) is 0.222. The number of rotatable bonds is 1. The van der Waals surface area contributed by atoms with Gasteiger partial charge in [-0.2, -0.15) is 0 Å². The Hall–Kier alpha value is -0.730. The Morgan fingerprint density at radius 2 is 1.85 bits per heavy atom. The lowest BCUT2D eigenvalue weighted by molar-refractivity contribution is -0.464. The van der Waals surface area contributed by atoms with Gasteiger partial charge in [0.2, 0.25) is 0 Å². The Morgan fingerprint density at radius 1 is 1.23 bits per heavy atom. The van der Waals surface area contributed by atoms with Crippen molar-refractivity contribution in [1.82, 2.24) is 0 Å². The van der Waals surface area contributed by atoms with E-state index in [1.165, 1.54) is 0 Å². The van der Waals surface area contributed by atoms with Crippen LogP contribution >= 0.6 is 23.2 Å². The van der Waals surface area contributed by atoms with E-state index in [2.05, 4.69) is 0 Å². The Balaban J connectivity index is 3.19. The van der Waals surface area contributed by atoms with E-state index in [4.69, 9.17) is 28.9 Å². The number of benzene rings is 1. The summed E-state index contributed by atoms with van der Waals surface area (Å²) in [4.78, 5) is 0. The molecule has 0 atom stereocenters. The molecule has 2 nitrogen and oxygen atoms in total. The molecule has 2 N–H and O–H groups in total. The summed E-state index contributed by atoms with van der Waals surface area (Å²) in [5.41, 5.74) is 6.67. The molecular formula is C9H11Cl2N2+. The molecule has 70 valence electrons. The van der Waals surface area contributed by atoms with Crippen LogP contribution in [0.15, 0.2) is 18.2 Å². The van der Waals surface area contributed by atoms with Crippen molar-refractivity contribution in [3.8, 4) is 0 Å². The van der Waals surface area contributed by atoms with Crippen molar-refractivity contribution in [3.05, 3.63) is 33.8 Å². The second-order valence-corrected chi connectivity index (χ2v) is 3.72. The van der Waals surface area contributed by atoms with Gasteiger partial charge in [-0.05, 0) is 18.2 Å². The fourth-order valence-electron chi connectivity index (χ4n) is 0.914. The van der Waals surface area contributed by atoms with E-state index in [9.17, 15) is 0 Å². The lowest BCUT2D eigenvalue weighted by Gasteiger charge is -2.00. The molecule has 0 fully saturated rings. The number of nitrogens with zero attached hydrogens (tertiary/aromatic N) is 1. The Kier molecular flexibility index (Phi) is 3.17. The molecular weight excluding hydrogens is 207 g/mol. The fourth-order valence-corrected chi connectivity index (χ4v) is 1.21. The van der Waals surface area contributed by atoms with Gasteiger partial charge >= 0.3 is 0 Å². The molecule has 0 spiro atoms. The van der Waals surface area contributed by atoms with Crippen LogP contribution in [0.3, 0.4) is 0 Å². The molecule has 0 aliphatic carbocycles. The first kappa shape index (κ1) is 10.4. The van der Waals surface area contributed by atoms with Crippen molar-refractivity contribution in [2.45, 2.75) is 0 Å². The zero-order chi connectivity index (χ0) is 10.0. The maximum absolute atomic E-state index is 5.84. The maximum atomic E-state index is 5.84. The highest BCUT2D eigenvalue weighted by Gasteiger charge is 2.07. The molecule has 0 aliphatic rings. The van der Waals surface area contributed by atoms with Gasteiger partial charge in [0, 0.05) is 0 Å².